The molecule has 22 heteroatoms. The Balaban J connectivity index is 0.000000216. The minimum atomic E-state index is -2.32. The highest BCUT2D eigenvalue weighted by Crippen LogP contribution is 2.49. The Hall–Kier alpha value is -7.48. The number of methoxy groups -OCH3 is 2. The summed E-state index contributed by atoms with van der Waals surface area (Å²) in [4.78, 5) is 71.8. The molecule has 1 aliphatic heterocycles. The van der Waals surface area contributed by atoms with Crippen LogP contribution in [0.4, 0.5) is 34.6 Å². The molecule has 15 nitrogen and oxygen atoms in total. The number of pyridine rings is 3. The summed E-state index contributed by atoms with van der Waals surface area (Å²) in [5, 5.41) is 22.4. The monoisotopic (exact) mass is 1080 g/mol. The minimum Gasteiger partial charge on any atom is -0.496 e. The lowest BCUT2D eigenvalue weighted by molar-refractivity contribution is -0.491. The van der Waals surface area contributed by atoms with Gasteiger partial charge in [-0.15, -0.1) is 0 Å². The number of carbonyl (C=O) groups is 2. The number of hydrogen-bond donors (Lipinski definition) is 0. The number of nitro groups is 2. The number of aryl methyl sites for hydroxylation is 2. The maximum Gasteiger partial charge on any atom is 0.353 e. The molecule has 0 spiro atoms. The minimum absolute atomic E-state index is 0.000509. The van der Waals surface area contributed by atoms with Gasteiger partial charge in [0, 0.05) is 33.8 Å². The Morgan fingerprint density at radius 2 is 1.18 bits per heavy atom. The van der Waals surface area contributed by atoms with Crippen LogP contribution in [0.1, 0.15) is 86.3 Å². The predicted octanol–water partition coefficient (Wildman–Crippen LogP) is 13.1. The zero-order valence-corrected chi connectivity index (χ0v) is 42.8. The fraction of sp³-hybridized carbons (Fsp3) is 0.250. The van der Waals surface area contributed by atoms with E-state index in [9.17, 15) is 39.0 Å². The lowest BCUT2D eigenvalue weighted by Gasteiger charge is -2.34. The second-order valence-electron chi connectivity index (χ2n) is 17.2. The highest BCUT2D eigenvalue weighted by atomic mass is 35.5. The van der Waals surface area contributed by atoms with Crippen LogP contribution in [-0.4, -0.2) is 56.3 Å². The zero-order chi connectivity index (χ0) is 54.4. The molecule has 7 aromatic rings. The van der Waals surface area contributed by atoms with Gasteiger partial charge in [-0.1, -0.05) is 88.5 Å². The van der Waals surface area contributed by atoms with Gasteiger partial charge in [-0.05, 0) is 84.3 Å². The first-order valence-corrected chi connectivity index (χ1v) is 23.8. The van der Waals surface area contributed by atoms with Crippen LogP contribution in [0.5, 0.6) is 11.5 Å². The van der Waals surface area contributed by atoms with Gasteiger partial charge in [0.05, 0.1) is 79.8 Å². The molecular formula is C52H43Cl3F4N6O9. The van der Waals surface area contributed by atoms with Crippen LogP contribution in [0.25, 0.3) is 38.8 Å². The van der Waals surface area contributed by atoms with Crippen molar-refractivity contribution in [1.82, 2.24) is 14.5 Å². The van der Waals surface area contributed by atoms with Crippen molar-refractivity contribution in [2.45, 2.75) is 72.3 Å². The molecule has 4 heterocycles. The van der Waals surface area contributed by atoms with E-state index in [1.54, 1.807) is 39.1 Å². The van der Waals surface area contributed by atoms with Gasteiger partial charge in [0.15, 0.2) is 11.6 Å². The van der Waals surface area contributed by atoms with E-state index in [0.29, 0.717) is 35.4 Å². The number of ketones is 1. The van der Waals surface area contributed by atoms with Crippen molar-refractivity contribution in [3.05, 3.63) is 170 Å². The smallest absolute Gasteiger partial charge is 0.353 e. The zero-order valence-electron chi connectivity index (χ0n) is 40.6. The van der Waals surface area contributed by atoms with Crippen LogP contribution in [-0.2, 0) is 17.6 Å². The summed E-state index contributed by atoms with van der Waals surface area (Å²) in [7, 11) is 2.56. The predicted molar refractivity (Wildman–Crippen MR) is 273 cm³/mol. The van der Waals surface area contributed by atoms with Crippen molar-refractivity contribution >= 4 is 74.5 Å². The Morgan fingerprint density at radius 1 is 0.689 bits per heavy atom. The summed E-state index contributed by atoms with van der Waals surface area (Å²) in [6, 6.07) is 10.9. The number of carbonyl (C=O) groups excluding carboxylic acids is 2. The number of hydrogen-bond acceptors (Lipinski definition) is 11. The number of aromatic nitrogens is 3. The van der Waals surface area contributed by atoms with Gasteiger partial charge in [-0.3, -0.25) is 54.0 Å². The fourth-order valence-corrected chi connectivity index (χ4v) is 9.83. The molecule has 1 aliphatic rings. The van der Waals surface area contributed by atoms with E-state index in [0.717, 1.165) is 27.7 Å². The van der Waals surface area contributed by atoms with E-state index in [1.165, 1.54) is 50.7 Å². The summed E-state index contributed by atoms with van der Waals surface area (Å²) in [5.74, 6) is -6.99. The molecule has 0 N–H and O–H groups in total. The molecule has 1 unspecified atom stereocenters. The fourth-order valence-electron chi connectivity index (χ4n) is 8.96. The third kappa shape index (κ3) is 9.17. The summed E-state index contributed by atoms with van der Waals surface area (Å²) in [5.41, 5.74) is -2.67. The summed E-state index contributed by atoms with van der Waals surface area (Å²) in [6.07, 6.45) is 3.86. The van der Waals surface area contributed by atoms with E-state index >= 15 is 13.2 Å². The van der Waals surface area contributed by atoms with Gasteiger partial charge >= 0.3 is 23.2 Å². The van der Waals surface area contributed by atoms with Gasteiger partial charge in [-0.25, -0.2) is 17.6 Å². The lowest BCUT2D eigenvalue weighted by atomic mass is 9.90. The number of fused-ring (bicyclic) bond motifs is 2. The highest BCUT2D eigenvalue weighted by molar-refractivity contribution is 6.39. The Kier molecular flexibility index (Phi) is 15.8. The van der Waals surface area contributed by atoms with E-state index < -0.39 is 89.4 Å². The van der Waals surface area contributed by atoms with Crippen LogP contribution in [0.3, 0.4) is 0 Å². The molecule has 0 radical (unpaired) electrons. The number of ether oxygens (including phenoxy) is 2. The molecule has 74 heavy (non-hydrogen) atoms. The Labute approximate surface area is 434 Å². The number of benzene rings is 4. The second kappa shape index (κ2) is 21.5. The Morgan fingerprint density at radius 3 is 1.65 bits per heavy atom. The van der Waals surface area contributed by atoms with Crippen molar-refractivity contribution in [2.75, 3.05) is 19.1 Å². The average Bonchev–Trinajstić information content (AvgIpc) is 3.35. The molecule has 1 amide bonds. The SMILES string of the molecule is CCc1ccnc(C(C)C)c1-n1c(=O)c([N+](=O)[O-])c(Cl)c2cc(Cl)c(-c3c(F)cccc3OC)c(F)c21.CCc1ccnc(C(C)C)c1N1C(=O)C([N+](=O)[O-])C(=O)c2cc(Cl)c(-c3c(F)cccc3OC)c(F)c21. The van der Waals surface area contributed by atoms with E-state index in [4.69, 9.17) is 44.3 Å². The standard InChI is InChI=1S/C26H21Cl2F2N3O4.C26H22ClF2N3O5/c1-5-13-9-10-31-22(12(2)3)23(13)32-24-14(20(28)25(26(32)34)33(35)36)11-15(27)18(21(24)30)19-16(29)7-6-8-17(19)37-4;1-5-13-9-10-30-21(12(2)3)22(13)31-23-14(25(33)24(26(31)34)32(35)36)11-15(27)18(20(23)29)19-16(28)7-6-8-17(19)37-4/h6-12H,5H2,1-4H3;6-12,24H,5H2,1-4H3. The number of amides is 1. The van der Waals surface area contributed by atoms with Crippen LogP contribution in [0.2, 0.25) is 15.1 Å². The summed E-state index contributed by atoms with van der Waals surface area (Å²) in [6.45, 7) is 10.9. The molecule has 0 saturated heterocycles. The van der Waals surface area contributed by atoms with Gasteiger partial charge in [-0.2, -0.15) is 0 Å². The first-order chi connectivity index (χ1) is 35.1. The molecule has 4 aromatic carbocycles. The van der Waals surface area contributed by atoms with Crippen molar-refractivity contribution in [3.8, 4) is 39.4 Å². The Bertz CT molecular complexity index is 3560. The maximum absolute atomic E-state index is 16.6. The second-order valence-corrected chi connectivity index (χ2v) is 18.4. The van der Waals surface area contributed by atoms with Crippen LogP contribution in [0.15, 0.2) is 77.9 Å². The van der Waals surface area contributed by atoms with Gasteiger partial charge in [0.1, 0.15) is 28.2 Å². The molecule has 1 atom stereocenters. The topological polar surface area (TPSA) is 190 Å². The number of halogens is 7. The maximum atomic E-state index is 16.6. The normalized spacial score (nSPS) is 13.3. The molecule has 384 valence electrons. The quantitative estimate of drug-likeness (QED) is 0.0490. The van der Waals surface area contributed by atoms with Crippen LogP contribution < -0.4 is 19.9 Å². The van der Waals surface area contributed by atoms with Crippen molar-refractivity contribution in [1.29, 1.82) is 0 Å². The molecule has 0 aliphatic carbocycles. The summed E-state index contributed by atoms with van der Waals surface area (Å²) < 4.78 is 74.5. The van der Waals surface area contributed by atoms with E-state index in [1.807, 2.05) is 20.8 Å². The van der Waals surface area contributed by atoms with Crippen LogP contribution in [0, 0.1) is 43.5 Å². The molecule has 0 bridgehead atoms. The van der Waals surface area contributed by atoms with Gasteiger partial charge < -0.3 is 9.47 Å². The van der Waals surface area contributed by atoms with Crippen LogP contribution >= 0.6 is 34.8 Å². The number of anilines is 2. The van der Waals surface area contributed by atoms with Gasteiger partial charge in [0.25, 0.3) is 0 Å². The van der Waals surface area contributed by atoms with E-state index in [-0.39, 0.29) is 66.8 Å². The van der Waals surface area contributed by atoms with E-state index in [2.05, 4.69) is 9.97 Å². The van der Waals surface area contributed by atoms with Crippen molar-refractivity contribution < 1.29 is 46.5 Å². The number of rotatable bonds is 12. The van der Waals surface area contributed by atoms with Gasteiger partial charge in [0.2, 0.25) is 5.78 Å². The largest absolute Gasteiger partial charge is 0.496 e. The number of nitrogens with zero attached hydrogens (tertiary/aromatic N) is 6. The third-order valence-corrected chi connectivity index (χ3v) is 13.3. The third-order valence-electron chi connectivity index (χ3n) is 12.3. The molecule has 0 saturated carbocycles. The summed E-state index contributed by atoms with van der Waals surface area (Å²) >= 11 is 19.1. The molecular weight excluding hydrogens is 1030 g/mol. The molecule has 8 rings (SSSR count). The van der Waals surface area contributed by atoms with Crippen molar-refractivity contribution in [2.24, 2.45) is 0 Å². The highest BCUT2D eigenvalue weighted by Gasteiger charge is 2.51. The van der Waals surface area contributed by atoms with Crippen molar-refractivity contribution in [3.63, 3.8) is 0 Å². The lowest BCUT2D eigenvalue weighted by Crippen LogP contribution is -2.51. The number of Topliss-reactive ketones (excluding diaryl/α,β-unsaturated/α-hetero) is 1. The molecule has 0 fully saturated rings. The first kappa shape index (κ1) is 54.3. The first-order valence-electron chi connectivity index (χ1n) is 22.6. The molecule has 3 aromatic heterocycles. The average molecular weight is 1080 g/mol.